The van der Waals surface area contributed by atoms with Crippen molar-refractivity contribution in [3.05, 3.63) is 53.7 Å². The Morgan fingerprint density at radius 1 is 1.06 bits per heavy atom. The molecule has 2 aliphatic rings. The summed E-state index contributed by atoms with van der Waals surface area (Å²) >= 11 is 0. The predicted molar refractivity (Wildman–Crippen MR) is 126 cm³/mol. The molecule has 7 heteroatoms. The van der Waals surface area contributed by atoms with Crippen molar-refractivity contribution in [3.63, 3.8) is 0 Å². The Kier molecular flexibility index (Phi) is 5.32. The molecule has 1 saturated carbocycles. The Hall–Kier alpha value is -3.37. The van der Waals surface area contributed by atoms with Crippen LogP contribution in [-0.2, 0) is 0 Å². The average Bonchev–Trinajstić information content (AvgIpc) is 3.16. The van der Waals surface area contributed by atoms with Crippen LogP contribution in [0.1, 0.15) is 41.7 Å². The van der Waals surface area contributed by atoms with Gasteiger partial charge in [-0.25, -0.2) is 4.98 Å². The third-order valence-electron chi connectivity index (χ3n) is 6.94. The highest BCUT2D eigenvalue weighted by Crippen LogP contribution is 2.36. The number of hydrogen-bond donors (Lipinski definition) is 1. The van der Waals surface area contributed by atoms with Gasteiger partial charge in [-0.2, -0.15) is 5.26 Å². The first-order valence-corrected chi connectivity index (χ1v) is 11.3. The molecule has 32 heavy (non-hydrogen) atoms. The number of carbonyl (C=O) groups is 1. The van der Waals surface area contributed by atoms with Crippen molar-refractivity contribution < 1.29 is 4.79 Å². The first-order valence-electron chi connectivity index (χ1n) is 11.3. The molecule has 0 radical (unpaired) electrons. The Labute approximate surface area is 188 Å². The largest absolute Gasteiger partial charge is 0.368 e. The first-order chi connectivity index (χ1) is 15.6. The summed E-state index contributed by atoms with van der Waals surface area (Å²) in [5.41, 5.74) is 3.51. The number of nitrogens with one attached hydrogen (secondary N) is 1. The smallest absolute Gasteiger partial charge is 0.159 e. The quantitative estimate of drug-likeness (QED) is 0.628. The van der Waals surface area contributed by atoms with Gasteiger partial charge in [-0.3, -0.25) is 4.79 Å². The second-order valence-corrected chi connectivity index (χ2v) is 8.79. The molecule has 1 N–H and O–H groups in total. The number of rotatable bonds is 5. The van der Waals surface area contributed by atoms with Crippen molar-refractivity contribution in [3.8, 4) is 6.07 Å². The lowest BCUT2D eigenvalue weighted by Crippen LogP contribution is -2.46. The molecule has 1 aliphatic heterocycles. The fraction of sp³-hybridized carbons (Fsp3) is 0.400. The molecule has 2 fully saturated rings. The van der Waals surface area contributed by atoms with Crippen LogP contribution >= 0.6 is 0 Å². The minimum Gasteiger partial charge on any atom is -0.368 e. The number of aromatic nitrogens is 2. The van der Waals surface area contributed by atoms with Crippen molar-refractivity contribution in [2.24, 2.45) is 0 Å². The maximum absolute atomic E-state index is 11.5. The zero-order chi connectivity index (χ0) is 22.2. The Balaban J connectivity index is 1.33. The number of piperazine rings is 1. The van der Waals surface area contributed by atoms with Gasteiger partial charge in [0.05, 0.1) is 5.56 Å². The van der Waals surface area contributed by atoms with Gasteiger partial charge < -0.3 is 19.7 Å². The molecule has 5 rings (SSSR count). The van der Waals surface area contributed by atoms with Crippen molar-refractivity contribution in [2.75, 3.05) is 43.0 Å². The predicted octanol–water partition coefficient (Wildman–Crippen LogP) is 3.36. The number of benzene rings is 1. The molecule has 0 spiro atoms. The topological polar surface area (TPSA) is 77.2 Å². The van der Waals surface area contributed by atoms with E-state index in [0.717, 1.165) is 67.1 Å². The second kappa shape index (κ2) is 8.29. The Morgan fingerprint density at radius 2 is 1.75 bits per heavy atom. The van der Waals surface area contributed by atoms with E-state index in [1.807, 2.05) is 49.6 Å². The van der Waals surface area contributed by atoms with Gasteiger partial charge in [0, 0.05) is 61.1 Å². The molecular weight excluding hydrogens is 400 g/mol. The highest BCUT2D eigenvalue weighted by molar-refractivity contribution is 5.94. The van der Waals surface area contributed by atoms with Crippen LogP contribution < -0.4 is 15.1 Å². The minimum atomic E-state index is 0.0931. The number of ketones is 1. The molecule has 2 aromatic heterocycles. The normalized spacial score (nSPS) is 20.8. The Bertz CT molecular complexity index is 1180. The number of nitrogens with zero attached hydrogens (tertiary/aromatic N) is 5. The molecule has 164 valence electrons. The molecule has 0 bridgehead atoms. The van der Waals surface area contributed by atoms with E-state index >= 15 is 0 Å². The summed E-state index contributed by atoms with van der Waals surface area (Å²) in [5, 5.41) is 13.9. The number of nitriles is 1. The highest BCUT2D eigenvalue weighted by Gasteiger charge is 2.31. The molecule has 1 aliphatic carbocycles. The molecule has 3 heterocycles. The lowest BCUT2D eigenvalue weighted by molar-refractivity contribution is 0.101. The number of fused-ring (bicyclic) bond motifs is 1. The van der Waals surface area contributed by atoms with Gasteiger partial charge in [0.25, 0.3) is 0 Å². The molecular formula is C25H28N6O. The molecule has 1 aromatic carbocycles. The van der Waals surface area contributed by atoms with Crippen molar-refractivity contribution in [2.45, 2.75) is 31.8 Å². The van der Waals surface area contributed by atoms with E-state index in [2.05, 4.69) is 25.8 Å². The van der Waals surface area contributed by atoms with Gasteiger partial charge >= 0.3 is 0 Å². The summed E-state index contributed by atoms with van der Waals surface area (Å²) in [7, 11) is 2.00. The molecule has 0 amide bonds. The van der Waals surface area contributed by atoms with Gasteiger partial charge in [-0.1, -0.05) is 0 Å². The van der Waals surface area contributed by atoms with Gasteiger partial charge in [0.15, 0.2) is 5.78 Å². The summed E-state index contributed by atoms with van der Waals surface area (Å²) < 4.78 is 2.21. The first kappa shape index (κ1) is 20.5. The molecule has 0 atom stereocenters. The maximum atomic E-state index is 11.5. The van der Waals surface area contributed by atoms with E-state index in [1.165, 1.54) is 0 Å². The summed E-state index contributed by atoms with van der Waals surface area (Å²) in [5.74, 6) is 1.06. The monoisotopic (exact) mass is 428 g/mol. The molecule has 3 aromatic rings. The number of hydrogen-bond acceptors (Lipinski definition) is 6. The zero-order valence-electron chi connectivity index (χ0n) is 18.6. The summed E-state index contributed by atoms with van der Waals surface area (Å²) in [6.07, 6.45) is 4.11. The summed E-state index contributed by atoms with van der Waals surface area (Å²) in [6.45, 7) is 5.15. The molecule has 1 saturated heterocycles. The lowest BCUT2D eigenvalue weighted by Gasteiger charge is -2.37. The van der Waals surface area contributed by atoms with Crippen LogP contribution in [0.25, 0.3) is 11.0 Å². The van der Waals surface area contributed by atoms with E-state index in [1.54, 1.807) is 6.92 Å². The summed E-state index contributed by atoms with van der Waals surface area (Å²) in [4.78, 5) is 21.2. The van der Waals surface area contributed by atoms with Gasteiger partial charge in [0.2, 0.25) is 0 Å². The number of pyridine rings is 1. The highest BCUT2D eigenvalue weighted by atomic mass is 16.1. The van der Waals surface area contributed by atoms with Crippen LogP contribution in [0.15, 0.2) is 42.6 Å². The second-order valence-electron chi connectivity index (χ2n) is 8.79. The maximum Gasteiger partial charge on any atom is 0.159 e. The lowest BCUT2D eigenvalue weighted by atomic mass is 9.87. The number of carbonyl (C=O) groups excluding carboxylic acids is 1. The standard InChI is InChI=1S/C25H28N6O/c1-17(32)18-3-5-21(6-4-18)29-9-11-30(12-10-29)24-8-7-23-19(15-26)16-31(25(23)28-24)22-13-20(14-22)27-2/h3-8,16,20,22,27H,9-14H2,1-2H3. The van der Waals surface area contributed by atoms with E-state index in [4.69, 9.17) is 4.98 Å². The van der Waals surface area contributed by atoms with E-state index in [9.17, 15) is 10.1 Å². The van der Waals surface area contributed by atoms with Crippen LogP contribution in [0.4, 0.5) is 11.5 Å². The summed E-state index contributed by atoms with van der Waals surface area (Å²) in [6, 6.07) is 15.2. The van der Waals surface area contributed by atoms with Crippen LogP contribution in [0.5, 0.6) is 0 Å². The van der Waals surface area contributed by atoms with Crippen LogP contribution in [0.3, 0.4) is 0 Å². The molecule has 0 unspecified atom stereocenters. The van der Waals surface area contributed by atoms with Crippen LogP contribution in [0, 0.1) is 11.3 Å². The number of anilines is 2. The van der Waals surface area contributed by atoms with Crippen molar-refractivity contribution >= 4 is 28.3 Å². The fourth-order valence-electron chi connectivity index (χ4n) is 4.81. The van der Waals surface area contributed by atoms with Gasteiger partial charge in [-0.05, 0) is 63.2 Å². The molecule has 7 nitrogen and oxygen atoms in total. The third-order valence-corrected chi connectivity index (χ3v) is 6.94. The Morgan fingerprint density at radius 3 is 2.38 bits per heavy atom. The SMILES string of the molecule is CNC1CC(n2cc(C#N)c3ccc(N4CCN(c5ccc(C(C)=O)cc5)CC4)nc32)C1. The third kappa shape index (κ3) is 3.61. The van der Waals surface area contributed by atoms with Gasteiger partial charge in [0.1, 0.15) is 17.5 Å². The van der Waals surface area contributed by atoms with Crippen molar-refractivity contribution in [1.29, 1.82) is 5.26 Å². The minimum absolute atomic E-state index is 0.0931. The van der Waals surface area contributed by atoms with Crippen LogP contribution in [0.2, 0.25) is 0 Å². The van der Waals surface area contributed by atoms with Crippen molar-refractivity contribution in [1.82, 2.24) is 14.9 Å². The zero-order valence-corrected chi connectivity index (χ0v) is 18.6. The van der Waals surface area contributed by atoms with E-state index < -0.39 is 0 Å². The average molecular weight is 429 g/mol. The fourth-order valence-corrected chi connectivity index (χ4v) is 4.81. The number of Topliss-reactive ketones (excluding diaryl/α,β-unsaturated/α-hetero) is 1. The van der Waals surface area contributed by atoms with E-state index in [-0.39, 0.29) is 5.78 Å². The van der Waals surface area contributed by atoms with Crippen LogP contribution in [-0.4, -0.2) is 54.6 Å². The van der Waals surface area contributed by atoms with Gasteiger partial charge in [-0.15, -0.1) is 0 Å². The van der Waals surface area contributed by atoms with E-state index in [0.29, 0.717) is 17.6 Å².